The summed E-state index contributed by atoms with van der Waals surface area (Å²) in [5, 5.41) is 13.1. The number of anilines is 1. The van der Waals surface area contributed by atoms with E-state index >= 15 is 0 Å². The van der Waals surface area contributed by atoms with Crippen LogP contribution in [0.4, 0.5) is 5.13 Å². The molecule has 4 aromatic rings. The normalized spacial score (nSPS) is 16.7. The molecule has 156 valence electrons. The number of aryl methyl sites for hydroxylation is 3. The highest BCUT2D eigenvalue weighted by molar-refractivity contribution is 7.22. The molecule has 1 N–H and O–H groups in total. The predicted octanol–water partition coefficient (Wildman–Crippen LogP) is 5.66. The minimum Gasteiger partial charge on any atom is -0.503 e. The molecule has 8 heteroatoms. The summed E-state index contributed by atoms with van der Waals surface area (Å²) in [6, 6.07) is 10.2. The highest BCUT2D eigenvalue weighted by Gasteiger charge is 2.47. The van der Waals surface area contributed by atoms with Crippen LogP contribution in [0.3, 0.4) is 0 Å². The lowest BCUT2D eigenvalue weighted by Gasteiger charge is -2.22. The first kappa shape index (κ1) is 19.7. The fourth-order valence-electron chi connectivity index (χ4n) is 3.90. The smallest absolute Gasteiger partial charge is 0.296 e. The molecule has 0 saturated heterocycles. The van der Waals surface area contributed by atoms with Gasteiger partial charge in [0.05, 0.1) is 15.8 Å². The SMILES string of the molecule is Cc1cc(C)c2nc(N3C(=O)C(O)=C(C(=O)c4ccc(C)o4)C3c3cccs3)sc2c1. The molecule has 0 fully saturated rings. The second kappa shape index (κ2) is 7.18. The Morgan fingerprint density at radius 3 is 2.68 bits per heavy atom. The molecular weight excluding hydrogens is 432 g/mol. The number of aliphatic hydroxyl groups is 1. The summed E-state index contributed by atoms with van der Waals surface area (Å²) in [7, 11) is 0. The molecule has 3 aromatic heterocycles. The quantitative estimate of drug-likeness (QED) is 0.406. The molecule has 1 unspecified atom stereocenters. The number of hydrogen-bond donors (Lipinski definition) is 1. The largest absolute Gasteiger partial charge is 0.503 e. The van der Waals surface area contributed by atoms with Crippen molar-refractivity contribution in [2.75, 3.05) is 4.90 Å². The van der Waals surface area contributed by atoms with Gasteiger partial charge in [0.1, 0.15) is 11.8 Å². The molecule has 1 atom stereocenters. The number of aliphatic hydroxyl groups excluding tert-OH is 1. The van der Waals surface area contributed by atoms with Crippen LogP contribution in [0.1, 0.15) is 38.4 Å². The first-order valence-corrected chi connectivity index (χ1v) is 11.3. The summed E-state index contributed by atoms with van der Waals surface area (Å²) in [4.78, 5) is 33.4. The number of aromatic nitrogens is 1. The molecule has 0 saturated carbocycles. The lowest BCUT2D eigenvalue weighted by atomic mass is 10.0. The van der Waals surface area contributed by atoms with Gasteiger partial charge >= 0.3 is 0 Å². The topological polar surface area (TPSA) is 83.6 Å². The fraction of sp³-hybridized carbons (Fsp3) is 0.174. The number of carbonyl (C=O) groups excluding carboxylic acids is 2. The van der Waals surface area contributed by atoms with Gasteiger partial charge in [0.25, 0.3) is 5.91 Å². The molecule has 0 bridgehead atoms. The van der Waals surface area contributed by atoms with Crippen molar-refractivity contribution in [1.82, 2.24) is 4.98 Å². The van der Waals surface area contributed by atoms with Crippen LogP contribution in [0.25, 0.3) is 10.2 Å². The van der Waals surface area contributed by atoms with Crippen LogP contribution in [0.2, 0.25) is 0 Å². The Morgan fingerprint density at radius 2 is 2.00 bits per heavy atom. The van der Waals surface area contributed by atoms with Crippen molar-refractivity contribution in [3.8, 4) is 0 Å². The van der Waals surface area contributed by atoms with Crippen LogP contribution in [-0.4, -0.2) is 21.8 Å². The Labute approximate surface area is 186 Å². The van der Waals surface area contributed by atoms with Gasteiger partial charge in [-0.05, 0) is 61.5 Å². The van der Waals surface area contributed by atoms with Gasteiger partial charge in [0, 0.05) is 4.88 Å². The Hall–Kier alpha value is -3.23. The third kappa shape index (κ3) is 3.10. The molecule has 1 aliphatic heterocycles. The average molecular weight is 451 g/mol. The second-order valence-corrected chi connectivity index (χ2v) is 9.51. The summed E-state index contributed by atoms with van der Waals surface area (Å²) in [6.07, 6.45) is 0. The minimum absolute atomic E-state index is 0.00830. The highest BCUT2D eigenvalue weighted by atomic mass is 32.1. The van der Waals surface area contributed by atoms with Crippen LogP contribution >= 0.6 is 22.7 Å². The zero-order valence-corrected chi connectivity index (χ0v) is 18.6. The van der Waals surface area contributed by atoms with Gasteiger partial charge in [-0.1, -0.05) is 23.5 Å². The first-order chi connectivity index (χ1) is 14.8. The van der Waals surface area contributed by atoms with E-state index in [4.69, 9.17) is 9.40 Å². The Bertz CT molecular complexity index is 1380. The van der Waals surface area contributed by atoms with Crippen molar-refractivity contribution < 1.29 is 19.1 Å². The lowest BCUT2D eigenvalue weighted by molar-refractivity contribution is -0.117. The van der Waals surface area contributed by atoms with Gasteiger partial charge in [-0.15, -0.1) is 11.3 Å². The summed E-state index contributed by atoms with van der Waals surface area (Å²) < 4.78 is 6.44. The molecule has 1 aromatic carbocycles. The molecule has 0 radical (unpaired) electrons. The molecule has 5 rings (SSSR count). The van der Waals surface area contributed by atoms with Gasteiger partial charge in [0.15, 0.2) is 16.7 Å². The van der Waals surface area contributed by atoms with Crippen molar-refractivity contribution >= 4 is 49.7 Å². The summed E-state index contributed by atoms with van der Waals surface area (Å²) >= 11 is 2.78. The van der Waals surface area contributed by atoms with Gasteiger partial charge < -0.3 is 9.52 Å². The summed E-state index contributed by atoms with van der Waals surface area (Å²) in [5.41, 5.74) is 2.93. The van der Waals surface area contributed by atoms with Gasteiger partial charge in [-0.25, -0.2) is 4.98 Å². The Morgan fingerprint density at radius 1 is 1.19 bits per heavy atom. The second-order valence-electron chi connectivity index (χ2n) is 7.52. The third-order valence-electron chi connectivity index (χ3n) is 5.25. The van der Waals surface area contributed by atoms with E-state index in [0.717, 1.165) is 26.2 Å². The molecule has 4 heterocycles. The van der Waals surface area contributed by atoms with E-state index in [0.29, 0.717) is 10.9 Å². The molecule has 1 amide bonds. The molecule has 1 aliphatic rings. The number of nitrogens with zero attached hydrogens (tertiary/aromatic N) is 2. The van der Waals surface area contributed by atoms with Crippen LogP contribution in [0, 0.1) is 20.8 Å². The monoisotopic (exact) mass is 450 g/mol. The zero-order valence-electron chi connectivity index (χ0n) is 17.0. The maximum Gasteiger partial charge on any atom is 0.296 e. The van der Waals surface area contributed by atoms with Gasteiger partial charge in [-0.2, -0.15) is 0 Å². The van der Waals surface area contributed by atoms with Crippen molar-refractivity contribution in [1.29, 1.82) is 0 Å². The highest BCUT2D eigenvalue weighted by Crippen LogP contribution is 2.45. The Balaban J connectivity index is 1.67. The number of carbonyl (C=O) groups is 2. The maximum atomic E-state index is 13.3. The first-order valence-electron chi connectivity index (χ1n) is 9.64. The number of rotatable bonds is 4. The number of benzene rings is 1. The number of hydrogen-bond acceptors (Lipinski definition) is 7. The predicted molar refractivity (Wildman–Crippen MR) is 121 cm³/mol. The molecule has 0 aliphatic carbocycles. The molecule has 31 heavy (non-hydrogen) atoms. The average Bonchev–Trinajstić information content (AvgIpc) is 3.49. The fourth-order valence-corrected chi connectivity index (χ4v) is 5.89. The van der Waals surface area contributed by atoms with Gasteiger partial charge in [0.2, 0.25) is 5.78 Å². The maximum absolute atomic E-state index is 13.3. The van der Waals surface area contributed by atoms with E-state index in [1.165, 1.54) is 27.6 Å². The van der Waals surface area contributed by atoms with Crippen LogP contribution in [0.5, 0.6) is 0 Å². The Kier molecular flexibility index (Phi) is 4.56. The van der Waals surface area contributed by atoms with E-state index in [1.54, 1.807) is 19.1 Å². The standard InChI is InChI=1S/C23H18N2O4S2/c1-11-9-12(2)18-16(10-11)31-23(24-18)25-19(15-5-4-8-30-15)17(21(27)22(25)28)20(26)14-7-6-13(3)29-14/h4-10,19,27H,1-3H3. The van der Waals surface area contributed by atoms with Crippen molar-refractivity contribution in [2.45, 2.75) is 26.8 Å². The molecule has 6 nitrogen and oxygen atoms in total. The van der Waals surface area contributed by atoms with E-state index < -0.39 is 23.5 Å². The van der Waals surface area contributed by atoms with E-state index in [9.17, 15) is 14.7 Å². The van der Waals surface area contributed by atoms with Gasteiger partial charge in [-0.3, -0.25) is 14.5 Å². The zero-order chi connectivity index (χ0) is 21.9. The number of ketones is 1. The number of furan rings is 1. The molecular formula is C23H18N2O4S2. The molecule has 0 spiro atoms. The number of thiophene rings is 1. The van der Waals surface area contributed by atoms with Crippen LogP contribution in [-0.2, 0) is 4.79 Å². The van der Waals surface area contributed by atoms with Crippen LogP contribution < -0.4 is 4.90 Å². The van der Waals surface area contributed by atoms with E-state index in [-0.39, 0.29) is 11.3 Å². The number of fused-ring (bicyclic) bond motifs is 1. The summed E-state index contributed by atoms with van der Waals surface area (Å²) in [6.45, 7) is 5.72. The minimum atomic E-state index is -0.771. The number of thiazole rings is 1. The van der Waals surface area contributed by atoms with E-state index in [2.05, 4.69) is 0 Å². The van der Waals surface area contributed by atoms with Crippen molar-refractivity contribution in [3.63, 3.8) is 0 Å². The third-order valence-corrected chi connectivity index (χ3v) is 7.18. The van der Waals surface area contributed by atoms with Crippen molar-refractivity contribution in [3.05, 3.63) is 80.6 Å². The summed E-state index contributed by atoms with van der Waals surface area (Å²) in [5.74, 6) is -1.05. The van der Waals surface area contributed by atoms with Crippen LogP contribution in [0.15, 0.2) is 57.5 Å². The van der Waals surface area contributed by atoms with Crippen molar-refractivity contribution in [2.24, 2.45) is 0 Å². The number of amides is 1. The lowest BCUT2D eigenvalue weighted by Crippen LogP contribution is -2.30. The number of Topliss-reactive ketones (excluding diaryl/α,β-unsaturated/α-hetero) is 1. The van der Waals surface area contributed by atoms with E-state index in [1.807, 2.05) is 43.5 Å².